The zero-order chi connectivity index (χ0) is 36.8. The zero-order valence-corrected chi connectivity index (χ0v) is 31.3. The molecule has 2 N–H and O–H groups in total. The van der Waals surface area contributed by atoms with Gasteiger partial charge in [0.25, 0.3) is 0 Å². The van der Waals surface area contributed by atoms with E-state index in [-0.39, 0.29) is 23.4 Å². The number of aromatic nitrogens is 1. The van der Waals surface area contributed by atoms with E-state index in [1.54, 1.807) is 0 Å². The predicted molar refractivity (Wildman–Crippen MR) is 218 cm³/mol. The van der Waals surface area contributed by atoms with Crippen LogP contribution in [0.5, 0.6) is 0 Å². The van der Waals surface area contributed by atoms with Crippen LogP contribution in [-0.2, 0) is 27.0 Å². The molecule has 1 atom stereocenters. The van der Waals surface area contributed by atoms with Gasteiger partial charge in [0, 0.05) is 22.1 Å². The number of carbonyl (C=O) groups excluding carboxylic acids is 1. The van der Waals surface area contributed by atoms with Crippen molar-refractivity contribution in [2.75, 3.05) is 5.73 Å². The second-order valence-corrected chi connectivity index (χ2v) is 16.1. The Morgan fingerprint density at radius 3 is 1.67 bits per heavy atom. The van der Waals surface area contributed by atoms with Gasteiger partial charge in [-0.05, 0) is 111 Å². The lowest BCUT2D eigenvalue weighted by molar-refractivity contribution is -0.146. The van der Waals surface area contributed by atoms with Crippen molar-refractivity contribution in [3.63, 3.8) is 0 Å². The molecule has 0 aliphatic heterocycles. The maximum absolute atomic E-state index is 13.2. The topological polar surface area (TPSA) is 57.2 Å². The van der Waals surface area contributed by atoms with E-state index in [1.807, 2.05) is 49.4 Å². The Hall–Kier alpha value is -5.61. The summed E-state index contributed by atoms with van der Waals surface area (Å²) in [6.45, 7) is 15.6. The molecule has 0 amide bonds. The lowest BCUT2D eigenvalue weighted by atomic mass is 9.85. The second kappa shape index (κ2) is 13.5. The smallest absolute Gasteiger partial charge is 0.313 e. The Morgan fingerprint density at radius 2 is 1.13 bits per heavy atom. The lowest BCUT2D eigenvalue weighted by Gasteiger charge is -2.20. The number of nitrogens with two attached hydrogens (primary N) is 1. The van der Waals surface area contributed by atoms with Crippen molar-refractivity contribution >= 4 is 33.5 Å². The van der Waals surface area contributed by atoms with E-state index in [2.05, 4.69) is 137 Å². The molecule has 4 nitrogen and oxygen atoms in total. The molecule has 4 heteroatoms. The van der Waals surface area contributed by atoms with Crippen LogP contribution >= 0.6 is 0 Å². The summed E-state index contributed by atoms with van der Waals surface area (Å²) >= 11 is 0. The highest BCUT2D eigenvalue weighted by Crippen LogP contribution is 2.39. The Balaban J connectivity index is 1.36. The van der Waals surface area contributed by atoms with Crippen LogP contribution in [0.3, 0.4) is 0 Å². The van der Waals surface area contributed by atoms with E-state index in [9.17, 15) is 4.79 Å². The van der Waals surface area contributed by atoms with Gasteiger partial charge in [0.1, 0.15) is 6.61 Å². The normalized spacial score (nSPS) is 12.7. The molecule has 1 heterocycles. The van der Waals surface area contributed by atoms with Crippen LogP contribution < -0.4 is 5.73 Å². The molecule has 0 unspecified atom stereocenters. The lowest BCUT2D eigenvalue weighted by Crippen LogP contribution is -2.13. The molecule has 0 spiro atoms. The third-order valence-electron chi connectivity index (χ3n) is 10.2. The number of nitrogens with zero attached hydrogens (tertiary/aromatic N) is 1. The van der Waals surface area contributed by atoms with Crippen molar-refractivity contribution in [1.29, 1.82) is 0 Å². The van der Waals surface area contributed by atoms with Gasteiger partial charge in [0.2, 0.25) is 0 Å². The predicted octanol–water partition coefficient (Wildman–Crippen LogP) is 12.1. The first kappa shape index (κ1) is 34.8. The molecule has 0 aliphatic carbocycles. The molecule has 1 aromatic heterocycles. The van der Waals surface area contributed by atoms with Crippen molar-refractivity contribution in [2.45, 2.75) is 71.8 Å². The average molecular weight is 685 g/mol. The maximum atomic E-state index is 13.2. The van der Waals surface area contributed by atoms with Crippen molar-refractivity contribution in [3.05, 3.63) is 156 Å². The molecule has 0 aliphatic rings. The van der Waals surface area contributed by atoms with E-state index < -0.39 is 5.92 Å². The number of hydrogen-bond donors (Lipinski definition) is 1. The van der Waals surface area contributed by atoms with Crippen LogP contribution in [0, 0.1) is 0 Å². The second-order valence-electron chi connectivity index (χ2n) is 16.1. The number of anilines is 1. The third-order valence-corrected chi connectivity index (χ3v) is 10.2. The molecule has 0 bridgehead atoms. The number of hydrogen-bond acceptors (Lipinski definition) is 3. The summed E-state index contributed by atoms with van der Waals surface area (Å²) in [6.07, 6.45) is 0. The minimum Gasteiger partial charge on any atom is -0.460 e. The molecule has 6 aromatic carbocycles. The Labute approximate surface area is 307 Å². The monoisotopic (exact) mass is 684 g/mol. The highest BCUT2D eigenvalue weighted by atomic mass is 16.5. The third kappa shape index (κ3) is 6.98. The number of nitrogen functional groups attached to an aromatic ring is 1. The number of esters is 1. The Bertz CT molecular complexity index is 2310. The Morgan fingerprint density at radius 1 is 0.615 bits per heavy atom. The van der Waals surface area contributed by atoms with Crippen molar-refractivity contribution in [2.24, 2.45) is 0 Å². The number of fused-ring (bicyclic) bond motifs is 3. The molecule has 0 saturated carbocycles. The summed E-state index contributed by atoms with van der Waals surface area (Å²) in [5.41, 5.74) is 19.5. The minimum absolute atomic E-state index is 0.0696. The fourth-order valence-corrected chi connectivity index (χ4v) is 6.99. The van der Waals surface area contributed by atoms with Gasteiger partial charge in [-0.15, -0.1) is 0 Å². The Kier molecular flexibility index (Phi) is 9.04. The van der Waals surface area contributed by atoms with Gasteiger partial charge >= 0.3 is 5.97 Å². The van der Waals surface area contributed by atoms with Crippen molar-refractivity contribution in [1.82, 2.24) is 4.57 Å². The molecular weight excluding hydrogens is 637 g/mol. The van der Waals surface area contributed by atoms with E-state index in [4.69, 9.17) is 10.5 Å². The fraction of sp³-hybridized carbons (Fsp3) is 0.229. The highest BCUT2D eigenvalue weighted by Gasteiger charge is 2.21. The molecular formula is C48H48N2O2. The summed E-state index contributed by atoms with van der Waals surface area (Å²) in [6, 6.07) is 47.0. The fourth-order valence-electron chi connectivity index (χ4n) is 6.99. The first-order valence-electron chi connectivity index (χ1n) is 18.2. The average Bonchev–Trinajstić information content (AvgIpc) is 3.46. The first-order valence-corrected chi connectivity index (χ1v) is 18.2. The molecule has 0 fully saturated rings. The standard InChI is InChI=1S/C48H48N2O2/c1-31(46(51)52-30-32-11-9-8-10-12-32)35-17-23-44-42(28-35)43-29-40(49)22-24-45(43)50(44)41-26-36(33-13-18-38(19-14-33)47(2,3)4)25-37(27-41)34-15-20-39(21-16-34)48(5,6)7/h8-29,31H,30,49H2,1-7H3/t31-/m1/s1. The quantitative estimate of drug-likeness (QED) is 0.134. The van der Waals surface area contributed by atoms with Crippen LogP contribution in [-0.4, -0.2) is 10.5 Å². The summed E-state index contributed by atoms with van der Waals surface area (Å²) in [7, 11) is 0. The van der Waals surface area contributed by atoms with Gasteiger partial charge in [-0.3, -0.25) is 4.79 Å². The SMILES string of the molecule is C[C@@H](C(=O)OCc1ccccc1)c1ccc2c(c1)c1cc(N)ccc1n2-c1cc(-c2ccc(C(C)(C)C)cc2)cc(-c2ccc(C(C)(C)C)cc2)c1. The van der Waals surface area contributed by atoms with Gasteiger partial charge in [0.05, 0.1) is 17.0 Å². The summed E-state index contributed by atoms with van der Waals surface area (Å²) in [4.78, 5) is 13.2. The van der Waals surface area contributed by atoms with Crippen LogP contribution in [0.15, 0.2) is 133 Å². The molecule has 0 saturated heterocycles. The van der Waals surface area contributed by atoms with Crippen LogP contribution in [0.4, 0.5) is 5.69 Å². The molecule has 7 rings (SSSR count). The molecule has 0 radical (unpaired) electrons. The van der Waals surface area contributed by atoms with Crippen LogP contribution in [0.25, 0.3) is 49.7 Å². The van der Waals surface area contributed by atoms with Crippen molar-refractivity contribution in [3.8, 4) is 27.9 Å². The first-order chi connectivity index (χ1) is 24.8. The van der Waals surface area contributed by atoms with Gasteiger partial charge < -0.3 is 15.0 Å². The molecule has 262 valence electrons. The number of carbonyl (C=O) groups is 1. The summed E-state index contributed by atoms with van der Waals surface area (Å²) in [5, 5.41) is 2.08. The highest BCUT2D eigenvalue weighted by molar-refractivity contribution is 6.10. The van der Waals surface area contributed by atoms with Crippen molar-refractivity contribution < 1.29 is 9.53 Å². The van der Waals surface area contributed by atoms with Crippen LogP contribution in [0.1, 0.15) is 76.6 Å². The van der Waals surface area contributed by atoms with Gasteiger partial charge in [-0.2, -0.15) is 0 Å². The molecule has 52 heavy (non-hydrogen) atoms. The van der Waals surface area contributed by atoms with Gasteiger partial charge in [0.15, 0.2) is 0 Å². The van der Waals surface area contributed by atoms with E-state index in [1.165, 1.54) is 11.1 Å². The van der Waals surface area contributed by atoms with E-state index in [0.29, 0.717) is 5.69 Å². The maximum Gasteiger partial charge on any atom is 0.313 e. The van der Waals surface area contributed by atoms with Gasteiger partial charge in [-0.25, -0.2) is 0 Å². The minimum atomic E-state index is -0.436. The summed E-state index contributed by atoms with van der Waals surface area (Å²) in [5.74, 6) is -0.687. The summed E-state index contributed by atoms with van der Waals surface area (Å²) < 4.78 is 8.06. The number of ether oxygens (including phenoxy) is 1. The zero-order valence-electron chi connectivity index (χ0n) is 31.3. The molecule has 7 aromatic rings. The number of rotatable bonds is 7. The largest absolute Gasteiger partial charge is 0.460 e. The van der Waals surface area contributed by atoms with Gasteiger partial charge in [-0.1, -0.05) is 126 Å². The van der Waals surface area contributed by atoms with E-state index >= 15 is 0 Å². The van der Waals surface area contributed by atoms with Crippen LogP contribution in [0.2, 0.25) is 0 Å². The van der Waals surface area contributed by atoms with E-state index in [0.717, 1.165) is 60.9 Å². The number of benzene rings is 6.